The Morgan fingerprint density at radius 1 is 1.44 bits per heavy atom. The Kier molecular flexibility index (Phi) is 3.00. The molecule has 0 radical (unpaired) electrons. The number of halogens is 1. The van der Waals surface area contributed by atoms with Crippen molar-refractivity contribution in [1.82, 2.24) is 14.8 Å². The van der Waals surface area contributed by atoms with Crippen LogP contribution in [-0.2, 0) is 11.3 Å². The number of hydrogen-bond donors (Lipinski definition) is 1. The van der Waals surface area contributed by atoms with E-state index in [2.05, 4.69) is 26.0 Å². The van der Waals surface area contributed by atoms with E-state index in [0.29, 0.717) is 5.82 Å². The van der Waals surface area contributed by atoms with Gasteiger partial charge in [0.05, 0.1) is 0 Å². The lowest BCUT2D eigenvalue weighted by Crippen LogP contribution is -2.08. The van der Waals surface area contributed by atoms with Gasteiger partial charge in [0.15, 0.2) is 5.82 Å². The summed E-state index contributed by atoms with van der Waals surface area (Å²) >= 11 is 3.39. The molecule has 1 heterocycles. The Morgan fingerprint density at radius 3 is 2.88 bits per heavy atom. The van der Waals surface area contributed by atoms with Crippen LogP contribution in [0.25, 0.3) is 11.4 Å². The van der Waals surface area contributed by atoms with Crippen LogP contribution >= 0.6 is 15.9 Å². The molecule has 1 aromatic heterocycles. The maximum absolute atomic E-state index is 10.5. The number of aliphatic carboxylic acids is 1. The highest BCUT2D eigenvalue weighted by Crippen LogP contribution is 2.24. The van der Waals surface area contributed by atoms with Gasteiger partial charge in [0, 0.05) is 10.0 Å². The minimum absolute atomic E-state index is 0.183. The van der Waals surface area contributed by atoms with Gasteiger partial charge in [-0.1, -0.05) is 28.1 Å². The van der Waals surface area contributed by atoms with Crippen LogP contribution in [0.1, 0.15) is 0 Å². The first-order chi connectivity index (χ1) is 7.66. The third kappa shape index (κ3) is 2.27. The minimum atomic E-state index is -0.941. The van der Waals surface area contributed by atoms with E-state index in [1.54, 1.807) is 0 Å². The highest BCUT2D eigenvalue weighted by atomic mass is 79.9. The van der Waals surface area contributed by atoms with Crippen molar-refractivity contribution >= 4 is 21.9 Å². The van der Waals surface area contributed by atoms with Gasteiger partial charge >= 0.3 is 5.97 Å². The third-order valence-electron chi connectivity index (χ3n) is 1.95. The van der Waals surface area contributed by atoms with Crippen molar-refractivity contribution in [2.45, 2.75) is 6.54 Å². The average molecular weight is 282 g/mol. The molecule has 2 rings (SSSR count). The molecule has 0 fully saturated rings. The SMILES string of the molecule is O=C(O)Cn1cnc(-c2ccccc2Br)n1. The van der Waals surface area contributed by atoms with Gasteiger partial charge in [-0.2, -0.15) is 5.10 Å². The van der Waals surface area contributed by atoms with Crippen molar-refractivity contribution in [2.75, 3.05) is 0 Å². The summed E-state index contributed by atoms with van der Waals surface area (Å²) < 4.78 is 2.17. The summed E-state index contributed by atoms with van der Waals surface area (Å²) in [6.07, 6.45) is 1.41. The Balaban J connectivity index is 2.32. The van der Waals surface area contributed by atoms with Crippen LogP contribution in [0.3, 0.4) is 0 Å². The predicted octanol–water partition coefficient (Wildman–Crippen LogP) is 1.79. The lowest BCUT2D eigenvalue weighted by Gasteiger charge is -1.98. The molecule has 1 aromatic carbocycles. The lowest BCUT2D eigenvalue weighted by atomic mass is 10.2. The molecule has 16 heavy (non-hydrogen) atoms. The maximum Gasteiger partial charge on any atom is 0.325 e. The fraction of sp³-hybridized carbons (Fsp3) is 0.100. The molecule has 0 spiro atoms. The molecule has 0 atom stereocenters. The zero-order valence-electron chi connectivity index (χ0n) is 8.17. The van der Waals surface area contributed by atoms with Gasteiger partial charge in [-0.15, -0.1) is 0 Å². The molecule has 0 aliphatic heterocycles. The number of aromatic nitrogens is 3. The zero-order valence-corrected chi connectivity index (χ0v) is 9.75. The molecule has 0 aliphatic rings. The highest BCUT2D eigenvalue weighted by molar-refractivity contribution is 9.10. The Labute approximate surface area is 99.9 Å². The molecule has 1 N–H and O–H groups in total. The van der Waals surface area contributed by atoms with E-state index in [0.717, 1.165) is 10.0 Å². The highest BCUT2D eigenvalue weighted by Gasteiger charge is 2.08. The fourth-order valence-corrected chi connectivity index (χ4v) is 1.74. The molecule has 0 bridgehead atoms. The third-order valence-corrected chi connectivity index (χ3v) is 2.64. The molecule has 5 nitrogen and oxygen atoms in total. The second kappa shape index (κ2) is 4.44. The largest absolute Gasteiger partial charge is 0.480 e. The monoisotopic (exact) mass is 281 g/mol. The molecule has 2 aromatic rings. The van der Waals surface area contributed by atoms with E-state index in [1.165, 1.54) is 11.0 Å². The standard InChI is InChI=1S/C10H8BrN3O2/c11-8-4-2-1-3-7(8)10-12-6-14(13-10)5-9(15)16/h1-4,6H,5H2,(H,15,16). The van der Waals surface area contributed by atoms with Crippen molar-refractivity contribution in [2.24, 2.45) is 0 Å². The van der Waals surface area contributed by atoms with E-state index < -0.39 is 5.97 Å². The summed E-state index contributed by atoms with van der Waals surface area (Å²) in [4.78, 5) is 14.5. The van der Waals surface area contributed by atoms with E-state index in [1.807, 2.05) is 24.3 Å². The van der Waals surface area contributed by atoms with Crippen molar-refractivity contribution < 1.29 is 9.90 Å². The van der Waals surface area contributed by atoms with Gasteiger partial charge < -0.3 is 5.11 Å². The van der Waals surface area contributed by atoms with E-state index in [9.17, 15) is 4.79 Å². The Bertz CT molecular complexity index is 524. The van der Waals surface area contributed by atoms with Crippen molar-refractivity contribution in [3.05, 3.63) is 35.1 Å². The van der Waals surface area contributed by atoms with Crippen LogP contribution in [0.5, 0.6) is 0 Å². The summed E-state index contributed by atoms with van der Waals surface area (Å²) in [5, 5.41) is 12.7. The molecule has 0 saturated heterocycles. The summed E-state index contributed by atoms with van der Waals surface area (Å²) in [5.41, 5.74) is 0.839. The van der Waals surface area contributed by atoms with Crippen molar-refractivity contribution in [3.8, 4) is 11.4 Å². The average Bonchev–Trinajstić information content (AvgIpc) is 2.66. The summed E-state index contributed by atoms with van der Waals surface area (Å²) in [5.74, 6) is -0.433. The summed E-state index contributed by atoms with van der Waals surface area (Å²) in [6, 6.07) is 7.51. The Morgan fingerprint density at radius 2 is 2.19 bits per heavy atom. The van der Waals surface area contributed by atoms with Crippen molar-refractivity contribution in [3.63, 3.8) is 0 Å². The first-order valence-electron chi connectivity index (χ1n) is 4.53. The van der Waals surface area contributed by atoms with Gasteiger partial charge in [-0.3, -0.25) is 4.79 Å². The molecule has 0 unspecified atom stereocenters. The number of nitrogens with zero attached hydrogens (tertiary/aromatic N) is 3. The smallest absolute Gasteiger partial charge is 0.325 e. The molecule has 0 amide bonds. The molecule has 0 aliphatic carbocycles. The molecule has 82 valence electrons. The Hall–Kier alpha value is -1.69. The number of benzene rings is 1. The molecule has 6 heteroatoms. The van der Waals surface area contributed by atoms with Gasteiger partial charge in [0.25, 0.3) is 0 Å². The number of carboxylic acid groups (broad SMARTS) is 1. The zero-order chi connectivity index (χ0) is 11.5. The van der Waals surface area contributed by atoms with E-state index in [4.69, 9.17) is 5.11 Å². The fourth-order valence-electron chi connectivity index (χ4n) is 1.28. The number of hydrogen-bond acceptors (Lipinski definition) is 3. The molecular weight excluding hydrogens is 274 g/mol. The lowest BCUT2D eigenvalue weighted by molar-refractivity contribution is -0.137. The van der Waals surface area contributed by atoms with Gasteiger partial charge in [-0.25, -0.2) is 9.67 Å². The topological polar surface area (TPSA) is 68.0 Å². The van der Waals surface area contributed by atoms with Crippen LogP contribution < -0.4 is 0 Å². The second-order valence-electron chi connectivity index (χ2n) is 3.14. The predicted molar refractivity (Wildman–Crippen MR) is 60.8 cm³/mol. The van der Waals surface area contributed by atoms with Crippen LogP contribution in [0, 0.1) is 0 Å². The van der Waals surface area contributed by atoms with Crippen LogP contribution in [0.4, 0.5) is 0 Å². The van der Waals surface area contributed by atoms with Crippen LogP contribution in [0.15, 0.2) is 35.1 Å². The second-order valence-corrected chi connectivity index (χ2v) is 3.99. The first-order valence-corrected chi connectivity index (χ1v) is 5.32. The van der Waals surface area contributed by atoms with E-state index >= 15 is 0 Å². The normalized spacial score (nSPS) is 10.3. The van der Waals surface area contributed by atoms with Crippen molar-refractivity contribution in [1.29, 1.82) is 0 Å². The van der Waals surface area contributed by atoms with Gasteiger partial charge in [0.2, 0.25) is 0 Å². The first kappa shape index (κ1) is 10.8. The molecule has 0 saturated carbocycles. The van der Waals surface area contributed by atoms with Gasteiger partial charge in [0.1, 0.15) is 12.9 Å². The number of carboxylic acids is 1. The summed E-state index contributed by atoms with van der Waals surface area (Å²) in [7, 11) is 0. The van der Waals surface area contributed by atoms with Crippen LogP contribution in [0.2, 0.25) is 0 Å². The minimum Gasteiger partial charge on any atom is -0.480 e. The number of rotatable bonds is 3. The summed E-state index contributed by atoms with van der Waals surface area (Å²) in [6.45, 7) is -0.183. The number of carbonyl (C=O) groups is 1. The van der Waals surface area contributed by atoms with E-state index in [-0.39, 0.29) is 6.54 Å². The van der Waals surface area contributed by atoms with Gasteiger partial charge in [-0.05, 0) is 12.1 Å². The van der Waals surface area contributed by atoms with Crippen LogP contribution in [-0.4, -0.2) is 25.8 Å². The quantitative estimate of drug-likeness (QED) is 0.932. The molecular formula is C10H8BrN3O2. The maximum atomic E-state index is 10.5.